The maximum absolute atomic E-state index is 11.6. The van der Waals surface area contributed by atoms with Crippen molar-refractivity contribution in [1.29, 1.82) is 0 Å². The molecule has 0 atom stereocenters. The topological polar surface area (TPSA) is 38.3 Å². The molecular formula is C14H11BrINO2. The zero-order valence-corrected chi connectivity index (χ0v) is 13.6. The van der Waals surface area contributed by atoms with Crippen molar-refractivity contribution in [1.82, 2.24) is 0 Å². The van der Waals surface area contributed by atoms with Crippen LogP contribution in [-0.4, -0.2) is 6.09 Å². The molecule has 0 saturated heterocycles. The van der Waals surface area contributed by atoms with E-state index in [4.69, 9.17) is 4.74 Å². The first-order valence-corrected chi connectivity index (χ1v) is 7.45. The zero-order valence-electron chi connectivity index (χ0n) is 9.90. The molecule has 0 aliphatic heterocycles. The zero-order chi connectivity index (χ0) is 13.7. The Labute approximate surface area is 133 Å². The van der Waals surface area contributed by atoms with E-state index in [0.29, 0.717) is 5.69 Å². The predicted molar refractivity (Wildman–Crippen MR) is 87.1 cm³/mol. The smallest absolute Gasteiger partial charge is 0.411 e. The third-order valence-corrected chi connectivity index (χ3v) is 4.70. The summed E-state index contributed by atoms with van der Waals surface area (Å²) in [6.45, 7) is 0.264. The number of nitrogens with one attached hydrogen (secondary N) is 1. The Morgan fingerprint density at radius 3 is 2.63 bits per heavy atom. The monoisotopic (exact) mass is 431 g/mol. The molecule has 5 heteroatoms. The minimum absolute atomic E-state index is 0.264. The summed E-state index contributed by atoms with van der Waals surface area (Å²) in [4.78, 5) is 11.6. The highest BCUT2D eigenvalue weighted by atomic mass is 127. The first kappa shape index (κ1) is 14.3. The molecule has 2 aromatic carbocycles. The highest BCUT2D eigenvalue weighted by molar-refractivity contribution is 14.1. The number of anilines is 1. The predicted octanol–water partition coefficient (Wildman–Crippen LogP) is 4.80. The summed E-state index contributed by atoms with van der Waals surface area (Å²) in [5, 5.41) is 2.69. The van der Waals surface area contributed by atoms with Crippen molar-refractivity contribution in [2.45, 2.75) is 6.61 Å². The van der Waals surface area contributed by atoms with E-state index in [-0.39, 0.29) is 6.61 Å². The Morgan fingerprint density at radius 2 is 1.95 bits per heavy atom. The van der Waals surface area contributed by atoms with Crippen molar-refractivity contribution in [2.75, 3.05) is 5.32 Å². The van der Waals surface area contributed by atoms with Gasteiger partial charge < -0.3 is 4.74 Å². The molecule has 0 spiro atoms. The van der Waals surface area contributed by atoms with Gasteiger partial charge in [0.25, 0.3) is 0 Å². The first-order valence-electron chi connectivity index (χ1n) is 5.58. The van der Waals surface area contributed by atoms with Crippen molar-refractivity contribution in [3.63, 3.8) is 0 Å². The Bertz CT molecular complexity index is 575. The summed E-state index contributed by atoms with van der Waals surface area (Å²) in [5.41, 5.74) is 1.67. The molecule has 0 radical (unpaired) electrons. The summed E-state index contributed by atoms with van der Waals surface area (Å²) in [6, 6.07) is 15.1. The molecule has 3 nitrogen and oxygen atoms in total. The molecule has 0 bridgehead atoms. The van der Waals surface area contributed by atoms with Crippen LogP contribution in [0.5, 0.6) is 0 Å². The number of carbonyl (C=O) groups is 1. The lowest BCUT2D eigenvalue weighted by molar-refractivity contribution is 0.155. The number of ether oxygens (including phenoxy) is 1. The van der Waals surface area contributed by atoms with Gasteiger partial charge in [-0.1, -0.05) is 30.3 Å². The van der Waals surface area contributed by atoms with Gasteiger partial charge in [-0.3, -0.25) is 5.32 Å². The summed E-state index contributed by atoms with van der Waals surface area (Å²) in [6.07, 6.45) is -0.457. The van der Waals surface area contributed by atoms with Crippen LogP contribution in [0.25, 0.3) is 0 Å². The van der Waals surface area contributed by atoms with E-state index in [9.17, 15) is 4.79 Å². The number of rotatable bonds is 3. The summed E-state index contributed by atoms with van der Waals surface area (Å²) < 4.78 is 7.16. The van der Waals surface area contributed by atoms with Crippen molar-refractivity contribution >= 4 is 50.3 Å². The lowest BCUT2D eigenvalue weighted by Gasteiger charge is -2.08. The fraction of sp³-hybridized carbons (Fsp3) is 0.0714. The van der Waals surface area contributed by atoms with E-state index >= 15 is 0 Å². The largest absolute Gasteiger partial charge is 0.444 e. The number of hydrogen-bond acceptors (Lipinski definition) is 2. The third kappa shape index (κ3) is 4.50. The first-order chi connectivity index (χ1) is 9.15. The Kier molecular flexibility index (Phi) is 5.21. The van der Waals surface area contributed by atoms with Gasteiger partial charge in [-0.25, -0.2) is 4.79 Å². The molecule has 2 aromatic rings. The van der Waals surface area contributed by atoms with Crippen LogP contribution in [0, 0.1) is 3.57 Å². The number of carbonyl (C=O) groups excluding carboxylic acids is 1. The van der Waals surface area contributed by atoms with Gasteiger partial charge >= 0.3 is 6.09 Å². The van der Waals surface area contributed by atoms with Crippen LogP contribution in [0.2, 0.25) is 0 Å². The molecule has 98 valence electrons. The molecule has 19 heavy (non-hydrogen) atoms. The van der Waals surface area contributed by atoms with Crippen LogP contribution in [0.1, 0.15) is 5.56 Å². The van der Waals surface area contributed by atoms with Crippen LogP contribution in [0.15, 0.2) is 53.0 Å². The van der Waals surface area contributed by atoms with E-state index in [1.165, 1.54) is 0 Å². The normalized spacial score (nSPS) is 10.0. The maximum atomic E-state index is 11.6. The van der Waals surface area contributed by atoms with E-state index in [1.54, 1.807) is 0 Å². The van der Waals surface area contributed by atoms with Gasteiger partial charge in [0, 0.05) is 13.7 Å². The molecule has 1 amide bonds. The van der Waals surface area contributed by atoms with E-state index in [1.807, 2.05) is 48.5 Å². The molecule has 0 heterocycles. The lowest BCUT2D eigenvalue weighted by Crippen LogP contribution is -2.13. The van der Waals surface area contributed by atoms with Gasteiger partial charge in [0.2, 0.25) is 0 Å². The molecular weight excluding hydrogens is 421 g/mol. The third-order valence-electron chi connectivity index (χ3n) is 2.38. The maximum Gasteiger partial charge on any atom is 0.411 e. The molecule has 0 aliphatic carbocycles. The van der Waals surface area contributed by atoms with Crippen LogP contribution >= 0.6 is 38.5 Å². The minimum Gasteiger partial charge on any atom is -0.444 e. The van der Waals surface area contributed by atoms with Gasteiger partial charge in [0.05, 0.1) is 0 Å². The van der Waals surface area contributed by atoms with Gasteiger partial charge in [0.15, 0.2) is 0 Å². The summed E-state index contributed by atoms with van der Waals surface area (Å²) >= 11 is 5.59. The second-order valence-electron chi connectivity index (χ2n) is 3.82. The van der Waals surface area contributed by atoms with Crippen LogP contribution in [0.3, 0.4) is 0 Å². The van der Waals surface area contributed by atoms with Crippen LogP contribution < -0.4 is 5.32 Å². The molecule has 1 N–H and O–H groups in total. The average Bonchev–Trinajstić information content (AvgIpc) is 2.42. The second kappa shape index (κ2) is 6.91. The van der Waals surface area contributed by atoms with Crippen molar-refractivity contribution < 1.29 is 9.53 Å². The van der Waals surface area contributed by atoms with Crippen molar-refractivity contribution in [3.8, 4) is 0 Å². The molecule has 2 rings (SSSR count). The fourth-order valence-electron chi connectivity index (χ4n) is 1.45. The van der Waals surface area contributed by atoms with E-state index in [0.717, 1.165) is 13.6 Å². The second-order valence-corrected chi connectivity index (χ2v) is 5.83. The Morgan fingerprint density at radius 1 is 1.21 bits per heavy atom. The number of benzene rings is 2. The average molecular weight is 432 g/mol. The molecule has 0 unspecified atom stereocenters. The van der Waals surface area contributed by atoms with Gasteiger partial charge in [-0.2, -0.15) is 0 Å². The van der Waals surface area contributed by atoms with Gasteiger partial charge in [-0.15, -0.1) is 0 Å². The SMILES string of the molecule is O=C(Nc1ccc(Br)c(I)c1)OCc1ccccc1. The number of hydrogen-bond donors (Lipinski definition) is 1. The lowest BCUT2D eigenvalue weighted by atomic mass is 10.2. The number of halogens is 2. The molecule has 0 aliphatic rings. The van der Waals surface area contributed by atoms with Crippen LogP contribution in [-0.2, 0) is 11.3 Å². The quantitative estimate of drug-likeness (QED) is 0.708. The summed E-state index contributed by atoms with van der Waals surface area (Å²) in [5.74, 6) is 0. The highest BCUT2D eigenvalue weighted by Gasteiger charge is 2.05. The summed E-state index contributed by atoms with van der Waals surface area (Å²) in [7, 11) is 0. The van der Waals surface area contributed by atoms with Gasteiger partial charge in [0.1, 0.15) is 6.61 Å². The molecule has 0 fully saturated rings. The van der Waals surface area contributed by atoms with Crippen LogP contribution in [0.4, 0.5) is 10.5 Å². The standard InChI is InChI=1S/C14H11BrINO2/c15-12-7-6-11(8-13(12)16)17-14(18)19-9-10-4-2-1-3-5-10/h1-8H,9H2,(H,17,18). The van der Waals surface area contributed by atoms with Crippen molar-refractivity contribution in [3.05, 3.63) is 62.1 Å². The Balaban J connectivity index is 1.89. The number of amides is 1. The molecule has 0 aromatic heterocycles. The fourth-order valence-corrected chi connectivity index (χ4v) is 2.21. The Hall–Kier alpha value is -1.08. The minimum atomic E-state index is -0.457. The van der Waals surface area contributed by atoms with E-state index in [2.05, 4.69) is 43.8 Å². The van der Waals surface area contributed by atoms with Gasteiger partial charge in [-0.05, 0) is 62.3 Å². The van der Waals surface area contributed by atoms with E-state index < -0.39 is 6.09 Å². The van der Waals surface area contributed by atoms with Crippen molar-refractivity contribution in [2.24, 2.45) is 0 Å². The molecule has 0 saturated carbocycles. The highest BCUT2D eigenvalue weighted by Crippen LogP contribution is 2.22.